The fraction of sp³-hybridized carbons (Fsp3) is 0.538. The van der Waals surface area contributed by atoms with Gasteiger partial charge in [0.15, 0.2) is 0 Å². The van der Waals surface area contributed by atoms with Gasteiger partial charge in [-0.3, -0.25) is 0 Å². The molecular formula is C13H17F4NO. The van der Waals surface area contributed by atoms with Crippen molar-refractivity contribution in [3.05, 3.63) is 35.1 Å². The molecule has 0 saturated carbocycles. The van der Waals surface area contributed by atoms with Crippen molar-refractivity contribution in [2.24, 2.45) is 0 Å². The quantitative estimate of drug-likeness (QED) is 0.612. The molecule has 19 heavy (non-hydrogen) atoms. The Bertz CT molecular complexity index is 393. The third-order valence-electron chi connectivity index (χ3n) is 2.64. The van der Waals surface area contributed by atoms with E-state index in [0.29, 0.717) is 25.1 Å². The zero-order valence-electron chi connectivity index (χ0n) is 10.7. The highest BCUT2D eigenvalue weighted by atomic mass is 19.4. The molecule has 108 valence electrons. The van der Waals surface area contributed by atoms with E-state index < -0.39 is 17.6 Å². The van der Waals surface area contributed by atoms with Crippen molar-refractivity contribution in [3.8, 4) is 0 Å². The van der Waals surface area contributed by atoms with E-state index in [1.54, 1.807) is 7.11 Å². The van der Waals surface area contributed by atoms with E-state index in [1.807, 2.05) is 0 Å². The Morgan fingerprint density at radius 3 is 2.53 bits per heavy atom. The average Bonchev–Trinajstić information content (AvgIpc) is 2.32. The molecule has 1 rings (SSSR count). The lowest BCUT2D eigenvalue weighted by Gasteiger charge is -2.09. The van der Waals surface area contributed by atoms with Crippen LogP contribution in [-0.2, 0) is 17.3 Å². The summed E-state index contributed by atoms with van der Waals surface area (Å²) in [5.74, 6) is -1.21. The second kappa shape index (κ2) is 7.45. The first-order valence-corrected chi connectivity index (χ1v) is 6.00. The molecule has 0 unspecified atom stereocenters. The highest BCUT2D eigenvalue weighted by molar-refractivity contribution is 5.26. The maximum Gasteiger partial charge on any atom is 0.419 e. The van der Waals surface area contributed by atoms with Gasteiger partial charge in [-0.2, -0.15) is 13.2 Å². The van der Waals surface area contributed by atoms with Gasteiger partial charge < -0.3 is 10.1 Å². The number of nitrogens with one attached hydrogen (secondary N) is 1. The molecule has 1 N–H and O–H groups in total. The second-order valence-corrected chi connectivity index (χ2v) is 4.16. The molecule has 6 heteroatoms. The van der Waals surface area contributed by atoms with Gasteiger partial charge in [0, 0.05) is 13.7 Å². The van der Waals surface area contributed by atoms with Crippen molar-refractivity contribution >= 4 is 0 Å². The fourth-order valence-electron chi connectivity index (χ4n) is 1.66. The molecule has 1 aromatic rings. The van der Waals surface area contributed by atoms with E-state index in [2.05, 4.69) is 5.32 Å². The van der Waals surface area contributed by atoms with Crippen LogP contribution in [0.15, 0.2) is 18.2 Å². The minimum absolute atomic E-state index is 0.537. The lowest BCUT2D eigenvalue weighted by atomic mass is 10.1. The van der Waals surface area contributed by atoms with Crippen molar-refractivity contribution in [3.63, 3.8) is 0 Å². The molecule has 0 amide bonds. The predicted octanol–water partition coefficient (Wildman–Crippen LogP) is 3.01. The number of hydrogen-bond donors (Lipinski definition) is 1. The number of halogens is 4. The topological polar surface area (TPSA) is 21.3 Å². The average molecular weight is 279 g/mol. The van der Waals surface area contributed by atoms with Gasteiger partial charge in [0.05, 0.1) is 12.2 Å². The van der Waals surface area contributed by atoms with Crippen LogP contribution in [0, 0.1) is 5.82 Å². The predicted molar refractivity (Wildman–Crippen MR) is 64.5 cm³/mol. The molecule has 0 saturated heterocycles. The maximum atomic E-state index is 13.3. The molecule has 0 atom stereocenters. The molecule has 0 fully saturated rings. The second-order valence-electron chi connectivity index (χ2n) is 4.16. The Hall–Kier alpha value is -1.14. The van der Waals surface area contributed by atoms with Crippen molar-refractivity contribution < 1.29 is 22.3 Å². The zero-order chi connectivity index (χ0) is 14.3. The molecule has 0 aliphatic heterocycles. The third-order valence-corrected chi connectivity index (χ3v) is 2.64. The monoisotopic (exact) mass is 279 g/mol. The van der Waals surface area contributed by atoms with Crippen LogP contribution >= 0.6 is 0 Å². The summed E-state index contributed by atoms with van der Waals surface area (Å²) in [5.41, 5.74) is -0.645. The van der Waals surface area contributed by atoms with Crippen LogP contribution in [0.25, 0.3) is 0 Å². The highest BCUT2D eigenvalue weighted by Gasteiger charge is 2.33. The standard InChI is InChI=1S/C13H17F4NO/c1-19-8-7-18-6-2-3-10-4-5-11(12(14)9-10)13(15,16)17/h4-5,9,18H,2-3,6-8H2,1H3. The smallest absolute Gasteiger partial charge is 0.383 e. The van der Waals surface area contributed by atoms with Crippen molar-refractivity contribution in [1.82, 2.24) is 5.32 Å². The highest BCUT2D eigenvalue weighted by Crippen LogP contribution is 2.31. The summed E-state index contributed by atoms with van der Waals surface area (Å²) < 4.78 is 55.1. The lowest BCUT2D eigenvalue weighted by Crippen LogP contribution is -2.20. The van der Waals surface area contributed by atoms with Gasteiger partial charge in [-0.15, -0.1) is 0 Å². The zero-order valence-corrected chi connectivity index (χ0v) is 10.7. The first-order valence-electron chi connectivity index (χ1n) is 6.00. The van der Waals surface area contributed by atoms with Crippen LogP contribution in [0.2, 0.25) is 0 Å². The number of rotatable bonds is 7. The van der Waals surface area contributed by atoms with E-state index >= 15 is 0 Å². The molecule has 0 radical (unpaired) electrons. The van der Waals surface area contributed by atoms with Crippen LogP contribution in [0.1, 0.15) is 17.5 Å². The van der Waals surface area contributed by atoms with Crippen LogP contribution in [0.3, 0.4) is 0 Å². The van der Waals surface area contributed by atoms with Gasteiger partial charge in [0.1, 0.15) is 5.82 Å². The van der Waals surface area contributed by atoms with E-state index in [4.69, 9.17) is 4.74 Å². The summed E-state index contributed by atoms with van der Waals surface area (Å²) >= 11 is 0. The van der Waals surface area contributed by atoms with Crippen LogP contribution in [0.5, 0.6) is 0 Å². The summed E-state index contributed by atoms with van der Waals surface area (Å²) in [6.45, 7) is 2.04. The fourth-order valence-corrected chi connectivity index (χ4v) is 1.66. The van der Waals surface area contributed by atoms with Crippen LogP contribution in [0.4, 0.5) is 17.6 Å². The number of aryl methyl sites for hydroxylation is 1. The first kappa shape index (κ1) is 15.9. The van der Waals surface area contributed by atoms with E-state index in [9.17, 15) is 17.6 Å². The molecule has 0 aromatic heterocycles. The van der Waals surface area contributed by atoms with Crippen LogP contribution in [-0.4, -0.2) is 26.8 Å². The molecule has 2 nitrogen and oxygen atoms in total. The van der Waals surface area contributed by atoms with Crippen LogP contribution < -0.4 is 5.32 Å². The maximum absolute atomic E-state index is 13.3. The minimum Gasteiger partial charge on any atom is -0.383 e. The van der Waals surface area contributed by atoms with Gasteiger partial charge >= 0.3 is 6.18 Å². The lowest BCUT2D eigenvalue weighted by molar-refractivity contribution is -0.140. The summed E-state index contributed by atoms with van der Waals surface area (Å²) in [5, 5.41) is 3.11. The van der Waals surface area contributed by atoms with Crippen molar-refractivity contribution in [2.45, 2.75) is 19.0 Å². The largest absolute Gasteiger partial charge is 0.419 e. The summed E-state index contributed by atoms with van der Waals surface area (Å²) in [6.07, 6.45) is -3.37. The Balaban J connectivity index is 2.42. The molecule has 0 aliphatic carbocycles. The summed E-state index contributed by atoms with van der Waals surface area (Å²) in [6, 6.07) is 3.07. The number of methoxy groups -OCH3 is 1. The molecule has 0 bridgehead atoms. The van der Waals surface area contributed by atoms with Crippen molar-refractivity contribution in [2.75, 3.05) is 26.8 Å². The molecule has 0 heterocycles. The molecule has 0 aliphatic rings. The SMILES string of the molecule is COCCNCCCc1ccc(C(F)(F)F)c(F)c1. The van der Waals surface area contributed by atoms with Gasteiger partial charge in [0.25, 0.3) is 0 Å². The van der Waals surface area contributed by atoms with Gasteiger partial charge in [-0.05, 0) is 37.1 Å². The van der Waals surface area contributed by atoms with E-state index in [-0.39, 0.29) is 0 Å². The molecule has 0 spiro atoms. The molecular weight excluding hydrogens is 262 g/mol. The van der Waals surface area contributed by atoms with E-state index in [1.165, 1.54) is 6.07 Å². The van der Waals surface area contributed by atoms with E-state index in [0.717, 1.165) is 25.1 Å². The van der Waals surface area contributed by atoms with Crippen molar-refractivity contribution in [1.29, 1.82) is 0 Å². The first-order chi connectivity index (χ1) is 8.95. The Morgan fingerprint density at radius 2 is 1.95 bits per heavy atom. The third kappa shape index (κ3) is 5.57. The Labute approximate surface area is 109 Å². The number of benzene rings is 1. The number of alkyl halides is 3. The Kier molecular flexibility index (Phi) is 6.24. The number of hydrogen-bond acceptors (Lipinski definition) is 2. The number of ether oxygens (including phenoxy) is 1. The minimum atomic E-state index is -4.63. The summed E-state index contributed by atoms with van der Waals surface area (Å²) in [7, 11) is 1.60. The van der Waals surface area contributed by atoms with Gasteiger partial charge in [-0.1, -0.05) is 6.07 Å². The van der Waals surface area contributed by atoms with Gasteiger partial charge in [-0.25, -0.2) is 4.39 Å². The Morgan fingerprint density at radius 1 is 1.21 bits per heavy atom. The summed E-state index contributed by atoms with van der Waals surface area (Å²) in [4.78, 5) is 0. The normalized spacial score (nSPS) is 11.8. The molecule has 1 aromatic carbocycles. The van der Waals surface area contributed by atoms with Gasteiger partial charge in [0.2, 0.25) is 0 Å².